The van der Waals surface area contributed by atoms with E-state index in [1.165, 1.54) is 21.0 Å². The van der Waals surface area contributed by atoms with Crippen LogP contribution in [-0.4, -0.2) is 12.2 Å². The van der Waals surface area contributed by atoms with Crippen molar-refractivity contribution in [2.45, 2.75) is 19.4 Å². The maximum Gasteiger partial charge on any atom is 0.202 e. The summed E-state index contributed by atoms with van der Waals surface area (Å²) in [5.41, 5.74) is -1.70. The first-order valence-corrected chi connectivity index (χ1v) is 4.61. The van der Waals surface area contributed by atoms with Crippen LogP contribution >= 0.6 is 11.6 Å². The third-order valence-electron chi connectivity index (χ3n) is 1.98. The number of hydrogen-bond donors (Lipinski definition) is 1. The van der Waals surface area contributed by atoms with Gasteiger partial charge in [-0.3, -0.25) is 0 Å². The Balaban J connectivity index is 3.48. The van der Waals surface area contributed by atoms with Crippen LogP contribution in [0.4, 0.5) is 8.78 Å². The largest absolute Gasteiger partial charge is 0.492 e. The van der Waals surface area contributed by atoms with Gasteiger partial charge in [0.1, 0.15) is 0 Å². The molecule has 0 amide bonds. The molecule has 0 aliphatic rings. The Morgan fingerprint density at radius 3 is 2.27 bits per heavy atom. The Kier molecular flexibility index (Phi) is 3.21. The predicted octanol–water partition coefficient (Wildman–Crippen LogP) is 2.85. The second kappa shape index (κ2) is 3.94. The van der Waals surface area contributed by atoms with E-state index in [0.717, 1.165) is 6.07 Å². The van der Waals surface area contributed by atoms with E-state index in [4.69, 9.17) is 11.6 Å². The van der Waals surface area contributed by atoms with Crippen molar-refractivity contribution in [3.05, 3.63) is 28.3 Å². The monoisotopic (exact) mass is 236 g/mol. The number of hydrogen-bond acceptors (Lipinski definition) is 2. The van der Waals surface area contributed by atoms with E-state index in [-0.39, 0.29) is 16.3 Å². The number of rotatable bonds is 2. The lowest BCUT2D eigenvalue weighted by molar-refractivity contribution is 0.0735. The molecular weight excluding hydrogens is 226 g/mol. The molecule has 1 aromatic carbocycles. The van der Waals surface area contributed by atoms with Crippen molar-refractivity contribution in [3.8, 4) is 5.75 Å². The van der Waals surface area contributed by atoms with Crippen molar-refractivity contribution in [1.29, 1.82) is 0 Å². The summed E-state index contributed by atoms with van der Waals surface area (Å²) in [6.45, 7) is 2.68. The predicted molar refractivity (Wildman–Crippen MR) is 53.2 cm³/mol. The summed E-state index contributed by atoms with van der Waals surface area (Å²) in [4.78, 5) is 0. The van der Waals surface area contributed by atoms with Crippen molar-refractivity contribution in [2.75, 3.05) is 7.11 Å². The van der Waals surface area contributed by atoms with Gasteiger partial charge in [-0.25, -0.2) is 4.39 Å². The molecule has 0 aromatic heterocycles. The Morgan fingerprint density at radius 2 is 1.87 bits per heavy atom. The van der Waals surface area contributed by atoms with Crippen LogP contribution in [0.25, 0.3) is 0 Å². The molecule has 15 heavy (non-hydrogen) atoms. The van der Waals surface area contributed by atoms with Crippen LogP contribution in [0, 0.1) is 11.6 Å². The van der Waals surface area contributed by atoms with Crippen LogP contribution in [0.2, 0.25) is 5.02 Å². The standard InChI is InChI=1S/C10H11ClF2O2/c1-10(2,14)5-4-6(11)9(15-3)8(13)7(5)12/h4,14H,1-3H3. The Bertz CT molecular complexity index is 386. The van der Waals surface area contributed by atoms with Gasteiger partial charge in [-0.1, -0.05) is 11.6 Å². The molecule has 1 rings (SSSR count). The van der Waals surface area contributed by atoms with Crippen molar-refractivity contribution in [3.63, 3.8) is 0 Å². The van der Waals surface area contributed by atoms with Gasteiger partial charge in [-0.2, -0.15) is 4.39 Å². The lowest BCUT2D eigenvalue weighted by Crippen LogP contribution is -2.18. The van der Waals surface area contributed by atoms with Crippen molar-refractivity contribution >= 4 is 11.6 Å². The Labute approximate surface area is 91.4 Å². The van der Waals surface area contributed by atoms with Gasteiger partial charge in [0.2, 0.25) is 5.82 Å². The first-order valence-electron chi connectivity index (χ1n) is 4.23. The maximum absolute atomic E-state index is 13.5. The van der Waals surface area contributed by atoms with Gasteiger partial charge in [0.05, 0.1) is 17.7 Å². The second-order valence-corrected chi connectivity index (χ2v) is 4.03. The molecule has 0 fully saturated rings. The first kappa shape index (κ1) is 12.2. The molecule has 0 radical (unpaired) electrons. The molecule has 1 aromatic rings. The topological polar surface area (TPSA) is 29.5 Å². The summed E-state index contributed by atoms with van der Waals surface area (Å²) in [6.07, 6.45) is 0. The smallest absolute Gasteiger partial charge is 0.202 e. The van der Waals surface area contributed by atoms with Gasteiger partial charge in [0.15, 0.2) is 11.6 Å². The van der Waals surface area contributed by atoms with Crippen LogP contribution in [-0.2, 0) is 5.60 Å². The Hall–Kier alpha value is -0.870. The van der Waals surface area contributed by atoms with Crippen molar-refractivity contribution in [1.82, 2.24) is 0 Å². The zero-order valence-electron chi connectivity index (χ0n) is 8.57. The number of halogens is 3. The second-order valence-electron chi connectivity index (χ2n) is 3.63. The Morgan fingerprint density at radius 1 is 1.33 bits per heavy atom. The summed E-state index contributed by atoms with van der Waals surface area (Å²) in [7, 11) is 1.19. The fraction of sp³-hybridized carbons (Fsp3) is 0.400. The van der Waals surface area contributed by atoms with E-state index in [2.05, 4.69) is 4.74 Å². The molecule has 84 valence electrons. The molecule has 0 heterocycles. The van der Waals surface area contributed by atoms with Gasteiger partial charge in [0.25, 0.3) is 0 Å². The van der Waals surface area contributed by atoms with Gasteiger partial charge in [-0.05, 0) is 19.9 Å². The highest BCUT2D eigenvalue weighted by molar-refractivity contribution is 6.32. The molecule has 0 bridgehead atoms. The average molecular weight is 237 g/mol. The number of methoxy groups -OCH3 is 1. The summed E-state index contributed by atoms with van der Waals surface area (Å²) >= 11 is 5.67. The molecule has 2 nitrogen and oxygen atoms in total. The maximum atomic E-state index is 13.5. The van der Waals surface area contributed by atoms with Gasteiger partial charge in [-0.15, -0.1) is 0 Å². The summed E-state index contributed by atoms with van der Waals surface area (Å²) in [5.74, 6) is -2.70. The molecular formula is C10H11ClF2O2. The minimum Gasteiger partial charge on any atom is -0.492 e. The van der Waals surface area contributed by atoms with Gasteiger partial charge >= 0.3 is 0 Å². The summed E-state index contributed by atoms with van der Waals surface area (Å²) in [5, 5.41) is 9.50. The van der Waals surface area contributed by atoms with E-state index in [1.807, 2.05) is 0 Å². The van der Waals surface area contributed by atoms with Crippen LogP contribution in [0.5, 0.6) is 5.75 Å². The minimum atomic E-state index is -1.50. The third-order valence-corrected chi connectivity index (χ3v) is 2.26. The van der Waals surface area contributed by atoms with Crippen LogP contribution in [0.1, 0.15) is 19.4 Å². The SMILES string of the molecule is COc1c(Cl)cc(C(C)(C)O)c(F)c1F. The highest BCUT2D eigenvalue weighted by atomic mass is 35.5. The minimum absolute atomic E-state index is 0.0754. The van der Waals surface area contributed by atoms with E-state index >= 15 is 0 Å². The molecule has 0 saturated heterocycles. The summed E-state index contributed by atoms with van der Waals surface area (Å²) < 4.78 is 31.4. The molecule has 0 spiro atoms. The molecule has 1 N–H and O–H groups in total. The molecule has 0 unspecified atom stereocenters. The van der Waals surface area contributed by atoms with E-state index < -0.39 is 17.2 Å². The zero-order valence-corrected chi connectivity index (χ0v) is 9.32. The van der Waals surface area contributed by atoms with Crippen molar-refractivity contribution in [2.24, 2.45) is 0 Å². The molecule has 0 aliphatic heterocycles. The zero-order chi connectivity index (χ0) is 11.8. The van der Waals surface area contributed by atoms with Crippen molar-refractivity contribution < 1.29 is 18.6 Å². The first-order chi connectivity index (χ1) is 6.79. The average Bonchev–Trinajstić information content (AvgIpc) is 2.10. The highest BCUT2D eigenvalue weighted by Crippen LogP contribution is 2.35. The van der Waals surface area contributed by atoms with Crippen LogP contribution in [0.3, 0.4) is 0 Å². The van der Waals surface area contributed by atoms with Gasteiger partial charge < -0.3 is 9.84 Å². The molecule has 0 saturated carbocycles. The van der Waals surface area contributed by atoms with Gasteiger partial charge in [0, 0.05) is 5.56 Å². The third kappa shape index (κ3) is 2.21. The fourth-order valence-electron chi connectivity index (χ4n) is 1.21. The number of benzene rings is 1. The lowest BCUT2D eigenvalue weighted by atomic mass is 9.97. The number of aliphatic hydroxyl groups is 1. The van der Waals surface area contributed by atoms with E-state index in [9.17, 15) is 13.9 Å². The summed E-state index contributed by atoms with van der Waals surface area (Å²) in [6, 6.07) is 1.15. The normalized spacial score (nSPS) is 11.7. The number of ether oxygens (including phenoxy) is 1. The molecule has 5 heteroatoms. The lowest BCUT2D eigenvalue weighted by Gasteiger charge is -2.20. The fourth-order valence-corrected chi connectivity index (χ4v) is 1.48. The quantitative estimate of drug-likeness (QED) is 0.800. The van der Waals surface area contributed by atoms with E-state index in [0.29, 0.717) is 0 Å². The van der Waals surface area contributed by atoms with E-state index in [1.54, 1.807) is 0 Å². The highest BCUT2D eigenvalue weighted by Gasteiger charge is 2.27. The molecule has 0 atom stereocenters. The van der Waals surface area contributed by atoms with Crippen LogP contribution in [0.15, 0.2) is 6.07 Å². The molecule has 0 aliphatic carbocycles. The van der Waals surface area contributed by atoms with Crippen LogP contribution < -0.4 is 4.74 Å².